The van der Waals surface area contributed by atoms with Crippen LogP contribution in [0, 0.1) is 24.2 Å². The first-order chi connectivity index (χ1) is 18.5. The van der Waals surface area contributed by atoms with Crippen molar-refractivity contribution in [3.8, 4) is 11.8 Å². The average molecular weight is 511 g/mol. The van der Waals surface area contributed by atoms with Crippen LogP contribution in [0.3, 0.4) is 0 Å². The molecule has 0 radical (unpaired) electrons. The predicted octanol–water partition coefficient (Wildman–Crippen LogP) is 3.89. The first kappa shape index (κ1) is 24.2. The second-order valence-corrected chi connectivity index (χ2v) is 10.2. The van der Waals surface area contributed by atoms with Gasteiger partial charge in [-0.05, 0) is 49.1 Å². The van der Waals surface area contributed by atoms with Gasteiger partial charge in [0.15, 0.2) is 5.65 Å². The van der Waals surface area contributed by atoms with E-state index in [0.717, 1.165) is 47.1 Å². The van der Waals surface area contributed by atoms with E-state index in [2.05, 4.69) is 6.07 Å². The fourth-order valence-electron chi connectivity index (χ4n) is 5.78. The largest absolute Gasteiger partial charge is 0.496 e. The van der Waals surface area contributed by atoms with E-state index < -0.39 is 12.0 Å². The molecule has 1 amide bonds. The van der Waals surface area contributed by atoms with Crippen LogP contribution in [-0.2, 0) is 0 Å². The third kappa shape index (κ3) is 4.11. The minimum absolute atomic E-state index is 0.0622. The van der Waals surface area contributed by atoms with Gasteiger partial charge in [-0.2, -0.15) is 10.4 Å². The van der Waals surface area contributed by atoms with E-state index in [-0.39, 0.29) is 11.9 Å². The smallest absolute Gasteiger partial charge is 0.258 e. The lowest BCUT2D eigenvalue weighted by atomic mass is 9.97. The summed E-state index contributed by atoms with van der Waals surface area (Å²) in [5, 5.41) is 26.4. The maximum absolute atomic E-state index is 13.9. The summed E-state index contributed by atoms with van der Waals surface area (Å²) in [7, 11) is 1.60. The van der Waals surface area contributed by atoms with Crippen LogP contribution in [0.2, 0.25) is 0 Å². The number of amides is 1. The number of ether oxygens (including phenoxy) is 1. The Morgan fingerprint density at radius 3 is 2.68 bits per heavy atom. The van der Waals surface area contributed by atoms with Crippen LogP contribution in [-0.4, -0.2) is 63.4 Å². The number of methoxy groups -OCH3 is 1. The van der Waals surface area contributed by atoms with E-state index in [0.29, 0.717) is 36.6 Å². The van der Waals surface area contributed by atoms with Gasteiger partial charge >= 0.3 is 0 Å². The Morgan fingerprint density at radius 2 is 1.95 bits per heavy atom. The molecular formula is C29H30N6O3. The summed E-state index contributed by atoms with van der Waals surface area (Å²) < 4.78 is 7.39. The highest BCUT2D eigenvalue weighted by Crippen LogP contribution is 2.35. The molecule has 4 aromatic rings. The van der Waals surface area contributed by atoms with Gasteiger partial charge in [-0.25, -0.2) is 9.50 Å². The Morgan fingerprint density at radius 1 is 1.16 bits per heavy atom. The van der Waals surface area contributed by atoms with Gasteiger partial charge < -0.3 is 19.6 Å². The molecule has 2 fully saturated rings. The zero-order chi connectivity index (χ0) is 26.4. The zero-order valence-electron chi connectivity index (χ0n) is 21.5. The van der Waals surface area contributed by atoms with E-state index in [1.807, 2.05) is 65.4 Å². The summed E-state index contributed by atoms with van der Waals surface area (Å²) >= 11 is 0. The number of hydrogen-bond donors (Lipinski definition) is 1. The standard InChI is InChI=1S/C29H30N6O3/c1-18-15-35-27(31-28(18)33-16-21(14-30)25(36)17-33)13-23(32-35)24-9-5-6-10-34(24)29(37)22-11-19-7-3-4-8-20(19)12-26(22)38-2/h3-4,7-8,11-13,15,21,24-25,36H,5-6,9-10,16-17H2,1-2H3/t21-,24+,25+/m1/s1. The van der Waals surface area contributed by atoms with Gasteiger partial charge in [0.25, 0.3) is 5.91 Å². The molecule has 4 heterocycles. The van der Waals surface area contributed by atoms with Crippen molar-refractivity contribution < 1.29 is 14.6 Å². The van der Waals surface area contributed by atoms with Crippen molar-refractivity contribution in [1.82, 2.24) is 19.5 Å². The molecule has 0 aliphatic carbocycles. The number of β-amino-alcohol motifs (C(OH)–C–C–N with tert-alkyl or cyclic N) is 1. The fraction of sp³-hybridized carbons (Fsp3) is 0.379. The highest BCUT2D eigenvalue weighted by atomic mass is 16.5. The number of anilines is 1. The van der Waals surface area contributed by atoms with E-state index in [9.17, 15) is 15.2 Å². The molecular weight excluding hydrogens is 480 g/mol. The van der Waals surface area contributed by atoms with Crippen molar-refractivity contribution in [3.05, 3.63) is 65.5 Å². The number of hydrogen-bond acceptors (Lipinski definition) is 7. The lowest BCUT2D eigenvalue weighted by Crippen LogP contribution is -2.38. The Kier molecular flexibility index (Phi) is 6.12. The second-order valence-electron chi connectivity index (χ2n) is 10.2. The van der Waals surface area contributed by atoms with Crippen LogP contribution in [0.25, 0.3) is 16.4 Å². The lowest BCUT2D eigenvalue weighted by molar-refractivity contribution is 0.0602. The molecule has 6 rings (SSSR count). The zero-order valence-corrected chi connectivity index (χ0v) is 21.5. The van der Waals surface area contributed by atoms with E-state index in [4.69, 9.17) is 14.8 Å². The number of nitriles is 1. The van der Waals surface area contributed by atoms with Gasteiger partial charge in [0.2, 0.25) is 0 Å². The summed E-state index contributed by atoms with van der Waals surface area (Å²) in [5.74, 6) is 0.825. The first-order valence-corrected chi connectivity index (χ1v) is 13.0. The predicted molar refractivity (Wildman–Crippen MR) is 143 cm³/mol. The Bertz CT molecular complexity index is 1570. The van der Waals surface area contributed by atoms with E-state index in [1.54, 1.807) is 11.6 Å². The minimum atomic E-state index is -0.688. The molecule has 38 heavy (non-hydrogen) atoms. The number of likely N-dealkylation sites (tertiary alicyclic amines) is 1. The number of benzene rings is 2. The number of aliphatic hydroxyl groups is 1. The van der Waals surface area contributed by atoms with Crippen LogP contribution in [0.15, 0.2) is 48.7 Å². The van der Waals surface area contributed by atoms with Crippen molar-refractivity contribution >= 4 is 28.1 Å². The topological polar surface area (TPSA) is 107 Å². The molecule has 0 bridgehead atoms. The summed E-state index contributed by atoms with van der Waals surface area (Å²) in [4.78, 5) is 22.7. The molecule has 0 unspecified atom stereocenters. The molecule has 0 spiro atoms. The van der Waals surface area contributed by atoms with Crippen molar-refractivity contribution in [2.45, 2.75) is 38.3 Å². The first-order valence-electron chi connectivity index (χ1n) is 13.0. The monoisotopic (exact) mass is 510 g/mol. The Balaban J connectivity index is 1.34. The molecule has 2 aromatic heterocycles. The number of aliphatic hydroxyl groups excluding tert-OH is 1. The van der Waals surface area contributed by atoms with Crippen molar-refractivity contribution in [2.24, 2.45) is 5.92 Å². The summed E-state index contributed by atoms with van der Waals surface area (Å²) in [6, 6.07) is 15.8. The van der Waals surface area contributed by atoms with Gasteiger partial charge in [-0.3, -0.25) is 4.79 Å². The second kappa shape index (κ2) is 9.62. The third-order valence-electron chi connectivity index (χ3n) is 7.78. The molecule has 1 N–H and O–H groups in total. The van der Waals surface area contributed by atoms with Crippen LogP contribution in [0.5, 0.6) is 5.75 Å². The summed E-state index contributed by atoms with van der Waals surface area (Å²) in [6.45, 7) is 3.42. The molecule has 0 saturated carbocycles. The van der Waals surface area contributed by atoms with Crippen LogP contribution in [0.1, 0.15) is 46.9 Å². The Labute approximate surface area is 220 Å². The maximum atomic E-state index is 13.9. The number of rotatable bonds is 4. The molecule has 194 valence electrons. The highest BCUT2D eigenvalue weighted by molar-refractivity contribution is 6.02. The number of aryl methyl sites for hydroxylation is 1. The summed E-state index contributed by atoms with van der Waals surface area (Å²) in [5.41, 5.74) is 2.95. The van der Waals surface area contributed by atoms with Crippen molar-refractivity contribution in [3.63, 3.8) is 0 Å². The Hall–Kier alpha value is -4.16. The van der Waals surface area contributed by atoms with Gasteiger partial charge in [-0.15, -0.1) is 0 Å². The van der Waals surface area contributed by atoms with Gasteiger partial charge in [0.05, 0.1) is 42.5 Å². The third-order valence-corrected chi connectivity index (χ3v) is 7.78. The number of carbonyl (C=O) groups excluding carboxylic acids is 1. The highest BCUT2D eigenvalue weighted by Gasteiger charge is 2.34. The lowest BCUT2D eigenvalue weighted by Gasteiger charge is -2.35. The quantitative estimate of drug-likeness (QED) is 0.444. The normalized spacial score (nSPS) is 21.7. The summed E-state index contributed by atoms with van der Waals surface area (Å²) in [6.07, 6.45) is 4.00. The molecule has 2 aromatic carbocycles. The number of fused-ring (bicyclic) bond motifs is 2. The van der Waals surface area contributed by atoms with Gasteiger partial charge in [-0.1, -0.05) is 24.3 Å². The van der Waals surface area contributed by atoms with Gasteiger partial charge in [0.1, 0.15) is 11.6 Å². The molecule has 2 aliphatic rings. The van der Waals surface area contributed by atoms with Crippen molar-refractivity contribution in [2.75, 3.05) is 31.6 Å². The van der Waals surface area contributed by atoms with Crippen LogP contribution < -0.4 is 9.64 Å². The average Bonchev–Trinajstić information content (AvgIpc) is 3.53. The minimum Gasteiger partial charge on any atom is -0.496 e. The number of nitrogens with zero attached hydrogens (tertiary/aromatic N) is 6. The molecule has 9 heteroatoms. The van der Waals surface area contributed by atoms with Crippen LogP contribution >= 0.6 is 0 Å². The molecule has 2 saturated heterocycles. The van der Waals surface area contributed by atoms with Crippen LogP contribution in [0.4, 0.5) is 5.82 Å². The van der Waals surface area contributed by atoms with E-state index >= 15 is 0 Å². The molecule has 9 nitrogen and oxygen atoms in total. The fourth-order valence-corrected chi connectivity index (χ4v) is 5.78. The van der Waals surface area contributed by atoms with Gasteiger partial charge in [0, 0.05) is 37.5 Å². The number of piperidine rings is 1. The molecule has 2 aliphatic heterocycles. The molecule has 3 atom stereocenters. The number of aromatic nitrogens is 3. The number of carbonyl (C=O) groups is 1. The van der Waals surface area contributed by atoms with E-state index in [1.165, 1.54) is 0 Å². The van der Waals surface area contributed by atoms with Crippen molar-refractivity contribution in [1.29, 1.82) is 5.26 Å². The maximum Gasteiger partial charge on any atom is 0.258 e. The SMILES string of the molecule is COc1cc2ccccc2cc1C(=O)N1CCCC[C@H]1c1cc2nc(N3C[C@@H](C#N)[C@@H](O)C3)c(C)cn2n1.